The monoisotopic (exact) mass is 358 g/mol. The van der Waals surface area contributed by atoms with Crippen LogP contribution in [0.25, 0.3) is 0 Å². The van der Waals surface area contributed by atoms with Crippen LogP contribution in [0.15, 0.2) is 24.3 Å². The normalized spacial score (nSPS) is 27.5. The molecule has 1 aromatic rings. The van der Waals surface area contributed by atoms with Crippen LogP contribution < -0.4 is 5.32 Å². The molecule has 6 heteroatoms. The molecule has 1 N–H and O–H groups in total. The third-order valence-corrected chi connectivity index (χ3v) is 5.34. The van der Waals surface area contributed by atoms with Crippen molar-refractivity contribution in [2.75, 3.05) is 7.11 Å². The molecule has 0 radical (unpaired) electrons. The molecule has 0 unspecified atom stereocenters. The summed E-state index contributed by atoms with van der Waals surface area (Å²) in [4.78, 5) is 38.5. The molecular formula is C20H26N2O4. The number of carbonyl (C=O) groups is 3. The van der Waals surface area contributed by atoms with Gasteiger partial charge in [-0.1, -0.05) is 32.9 Å². The Bertz CT molecular complexity index is 741. The van der Waals surface area contributed by atoms with Crippen molar-refractivity contribution in [1.29, 1.82) is 0 Å². The number of rotatable bonds is 3. The van der Waals surface area contributed by atoms with E-state index in [1.807, 2.05) is 0 Å². The summed E-state index contributed by atoms with van der Waals surface area (Å²) in [5.74, 6) is -0.176. The second-order valence-electron chi connectivity index (χ2n) is 8.45. The van der Waals surface area contributed by atoms with Crippen molar-refractivity contribution in [2.24, 2.45) is 11.3 Å². The lowest BCUT2D eigenvalue weighted by Gasteiger charge is -2.43. The molecule has 2 aliphatic rings. The summed E-state index contributed by atoms with van der Waals surface area (Å²) >= 11 is 0. The van der Waals surface area contributed by atoms with Gasteiger partial charge in [0.15, 0.2) is 0 Å². The van der Waals surface area contributed by atoms with Gasteiger partial charge in [0.05, 0.1) is 19.2 Å². The van der Waals surface area contributed by atoms with Crippen molar-refractivity contribution in [1.82, 2.24) is 10.2 Å². The molecule has 2 fully saturated rings. The van der Waals surface area contributed by atoms with Gasteiger partial charge in [0.1, 0.15) is 5.54 Å². The van der Waals surface area contributed by atoms with Gasteiger partial charge in [0.2, 0.25) is 0 Å². The van der Waals surface area contributed by atoms with Crippen LogP contribution in [0, 0.1) is 11.3 Å². The van der Waals surface area contributed by atoms with Crippen LogP contribution in [0.3, 0.4) is 0 Å². The molecule has 26 heavy (non-hydrogen) atoms. The smallest absolute Gasteiger partial charge is 0.337 e. The predicted octanol–water partition coefficient (Wildman–Crippen LogP) is 3.11. The molecule has 6 nitrogen and oxygen atoms in total. The number of urea groups is 1. The number of esters is 1. The zero-order valence-electron chi connectivity index (χ0n) is 15.8. The first kappa shape index (κ1) is 18.4. The Hall–Kier alpha value is -2.37. The first-order chi connectivity index (χ1) is 12.2. The fourth-order valence-corrected chi connectivity index (χ4v) is 4.70. The largest absolute Gasteiger partial charge is 0.465 e. The summed E-state index contributed by atoms with van der Waals surface area (Å²) in [6.45, 7) is 6.63. The van der Waals surface area contributed by atoms with Crippen LogP contribution in [-0.2, 0) is 16.1 Å². The van der Waals surface area contributed by atoms with Gasteiger partial charge < -0.3 is 10.1 Å². The van der Waals surface area contributed by atoms with Crippen molar-refractivity contribution in [2.45, 2.75) is 52.1 Å². The van der Waals surface area contributed by atoms with E-state index in [1.54, 1.807) is 24.3 Å². The van der Waals surface area contributed by atoms with E-state index in [0.717, 1.165) is 12.0 Å². The molecule has 1 aliphatic carbocycles. The first-order valence-corrected chi connectivity index (χ1v) is 8.97. The van der Waals surface area contributed by atoms with Crippen molar-refractivity contribution >= 4 is 17.9 Å². The summed E-state index contributed by atoms with van der Waals surface area (Å²) in [5, 5.41) is 2.98. The first-order valence-electron chi connectivity index (χ1n) is 8.97. The van der Waals surface area contributed by atoms with E-state index in [4.69, 9.17) is 0 Å². The Morgan fingerprint density at radius 1 is 1.23 bits per heavy atom. The topological polar surface area (TPSA) is 75.7 Å². The molecule has 1 saturated carbocycles. The van der Waals surface area contributed by atoms with Crippen LogP contribution in [0.1, 0.15) is 56.0 Å². The number of nitrogens with one attached hydrogen (secondary N) is 1. The number of ether oxygens (including phenoxy) is 1. The van der Waals surface area contributed by atoms with Gasteiger partial charge in [-0.2, -0.15) is 0 Å². The minimum atomic E-state index is -0.787. The number of hydrogen-bond acceptors (Lipinski definition) is 4. The second kappa shape index (κ2) is 6.41. The highest BCUT2D eigenvalue weighted by Gasteiger charge is 2.55. The van der Waals surface area contributed by atoms with Crippen LogP contribution in [0.5, 0.6) is 0 Å². The summed E-state index contributed by atoms with van der Waals surface area (Å²) in [5.41, 5.74) is 0.456. The highest BCUT2D eigenvalue weighted by Crippen LogP contribution is 2.46. The Morgan fingerprint density at radius 2 is 1.88 bits per heavy atom. The van der Waals surface area contributed by atoms with E-state index in [9.17, 15) is 14.4 Å². The average molecular weight is 358 g/mol. The minimum absolute atomic E-state index is 0.0127. The van der Waals surface area contributed by atoms with Gasteiger partial charge in [-0.25, -0.2) is 9.59 Å². The SMILES string of the molecule is COC(=O)c1ccc(CN2C(=O)N[C@]3(C[C@@H](C)CC(C)(C)C3)C2=O)cc1. The zero-order valence-corrected chi connectivity index (χ0v) is 15.8. The maximum atomic E-state index is 13.1. The third-order valence-electron chi connectivity index (χ3n) is 5.34. The number of nitrogens with zero attached hydrogens (tertiary/aromatic N) is 1. The van der Waals surface area contributed by atoms with Gasteiger partial charge in [-0.3, -0.25) is 9.69 Å². The number of carbonyl (C=O) groups excluding carboxylic acids is 3. The van der Waals surface area contributed by atoms with E-state index < -0.39 is 11.5 Å². The summed E-state index contributed by atoms with van der Waals surface area (Å²) in [7, 11) is 1.33. The van der Waals surface area contributed by atoms with Gasteiger partial charge in [-0.15, -0.1) is 0 Å². The van der Waals surface area contributed by atoms with Crippen molar-refractivity contribution in [3.05, 3.63) is 35.4 Å². The number of methoxy groups -OCH3 is 1. The maximum Gasteiger partial charge on any atom is 0.337 e. The highest BCUT2D eigenvalue weighted by molar-refractivity contribution is 6.07. The molecule has 1 heterocycles. The van der Waals surface area contributed by atoms with Crippen LogP contribution >= 0.6 is 0 Å². The van der Waals surface area contributed by atoms with Crippen LogP contribution in [-0.4, -0.2) is 35.5 Å². The van der Waals surface area contributed by atoms with Crippen molar-refractivity contribution < 1.29 is 19.1 Å². The van der Waals surface area contributed by atoms with Gasteiger partial charge in [0, 0.05) is 0 Å². The van der Waals surface area contributed by atoms with Crippen molar-refractivity contribution in [3.63, 3.8) is 0 Å². The molecule has 0 aromatic heterocycles. The Morgan fingerprint density at radius 3 is 2.46 bits per heavy atom. The van der Waals surface area contributed by atoms with E-state index in [0.29, 0.717) is 24.3 Å². The van der Waals surface area contributed by atoms with E-state index in [2.05, 4.69) is 30.8 Å². The van der Waals surface area contributed by atoms with Gasteiger partial charge in [-0.05, 0) is 48.3 Å². The summed E-state index contributed by atoms with van der Waals surface area (Å²) < 4.78 is 4.68. The van der Waals surface area contributed by atoms with Gasteiger partial charge >= 0.3 is 12.0 Å². The molecule has 140 valence electrons. The van der Waals surface area contributed by atoms with Crippen LogP contribution in [0.4, 0.5) is 4.79 Å². The number of imide groups is 1. The van der Waals surface area contributed by atoms with Crippen LogP contribution in [0.2, 0.25) is 0 Å². The highest BCUT2D eigenvalue weighted by atomic mass is 16.5. The second-order valence-corrected chi connectivity index (χ2v) is 8.45. The minimum Gasteiger partial charge on any atom is -0.465 e. The Kier molecular flexibility index (Phi) is 4.54. The molecular weight excluding hydrogens is 332 g/mol. The number of benzene rings is 1. The molecule has 3 rings (SSSR count). The lowest BCUT2D eigenvalue weighted by atomic mass is 9.64. The molecule has 1 spiro atoms. The predicted molar refractivity (Wildman–Crippen MR) is 96.4 cm³/mol. The van der Waals surface area contributed by atoms with Gasteiger partial charge in [0.25, 0.3) is 5.91 Å². The lowest BCUT2D eigenvalue weighted by Crippen LogP contribution is -2.54. The number of hydrogen-bond donors (Lipinski definition) is 1. The summed E-state index contributed by atoms with van der Waals surface area (Å²) in [6.07, 6.45) is 2.39. The van der Waals surface area contributed by atoms with E-state index in [1.165, 1.54) is 12.0 Å². The average Bonchev–Trinajstić information content (AvgIpc) is 2.76. The third kappa shape index (κ3) is 3.32. The standard InChI is InChI=1S/C20H26N2O4/c1-13-9-19(2,3)12-20(10-13)17(24)22(18(25)21-20)11-14-5-7-15(8-6-14)16(23)26-4/h5-8,13H,9-12H2,1-4H3,(H,21,25)/t13-,20-/m0/s1. The van der Waals surface area contributed by atoms with E-state index >= 15 is 0 Å². The fourth-order valence-electron chi connectivity index (χ4n) is 4.70. The molecule has 1 aliphatic heterocycles. The maximum absolute atomic E-state index is 13.1. The molecule has 1 aromatic carbocycles. The Labute approximate surface area is 153 Å². The quantitative estimate of drug-likeness (QED) is 0.665. The molecule has 2 atom stereocenters. The van der Waals surface area contributed by atoms with Crippen molar-refractivity contribution in [3.8, 4) is 0 Å². The molecule has 3 amide bonds. The summed E-state index contributed by atoms with van der Waals surface area (Å²) in [6, 6.07) is 6.43. The Balaban J connectivity index is 1.78. The lowest BCUT2D eigenvalue weighted by molar-refractivity contribution is -0.135. The fraction of sp³-hybridized carbons (Fsp3) is 0.550. The zero-order chi connectivity index (χ0) is 19.1. The molecule has 1 saturated heterocycles. The molecule has 0 bridgehead atoms. The number of amides is 3. The van der Waals surface area contributed by atoms with E-state index in [-0.39, 0.29) is 23.9 Å².